The molecule has 0 fully saturated rings. The van der Waals surface area contributed by atoms with Crippen LogP contribution in [0.5, 0.6) is 0 Å². The third-order valence-electron chi connectivity index (χ3n) is 2.41. The van der Waals surface area contributed by atoms with Crippen LogP contribution in [0.3, 0.4) is 0 Å². The molecule has 0 bridgehead atoms. The van der Waals surface area contributed by atoms with Crippen molar-refractivity contribution >= 4 is 14.1 Å². The molecule has 1 rings (SSSR count). The molecule has 17 heavy (non-hydrogen) atoms. The predicted molar refractivity (Wildman–Crippen MR) is 75.6 cm³/mol. The SMILES string of the molecule is COC(OC)c1ccc(C=C[Si](C)(C)C)cc1. The first-order chi connectivity index (χ1) is 7.96. The maximum Gasteiger partial charge on any atom is 0.183 e. The van der Waals surface area contributed by atoms with Crippen LogP contribution in [0, 0.1) is 0 Å². The molecule has 0 aromatic heterocycles. The number of methoxy groups -OCH3 is 2. The molecule has 0 amide bonds. The van der Waals surface area contributed by atoms with Crippen LogP contribution in [0.1, 0.15) is 17.4 Å². The third-order valence-corrected chi connectivity index (χ3v) is 3.58. The smallest absolute Gasteiger partial charge is 0.183 e. The van der Waals surface area contributed by atoms with E-state index in [9.17, 15) is 0 Å². The lowest BCUT2D eigenvalue weighted by molar-refractivity contribution is -0.106. The maximum absolute atomic E-state index is 5.21. The van der Waals surface area contributed by atoms with Crippen molar-refractivity contribution in [2.45, 2.75) is 25.9 Å². The summed E-state index contributed by atoms with van der Waals surface area (Å²) in [4.78, 5) is 0. The summed E-state index contributed by atoms with van der Waals surface area (Å²) in [5.41, 5.74) is 4.61. The molecule has 0 aliphatic carbocycles. The fraction of sp³-hybridized carbons (Fsp3) is 0.429. The van der Waals surface area contributed by atoms with Crippen molar-refractivity contribution in [2.75, 3.05) is 14.2 Å². The topological polar surface area (TPSA) is 18.5 Å². The predicted octanol–water partition coefficient (Wildman–Crippen LogP) is 3.87. The summed E-state index contributed by atoms with van der Waals surface area (Å²) in [6.45, 7) is 6.97. The van der Waals surface area contributed by atoms with E-state index in [2.05, 4.69) is 43.5 Å². The zero-order chi connectivity index (χ0) is 12.9. The molecule has 1 aromatic rings. The zero-order valence-corrected chi connectivity index (χ0v) is 12.4. The van der Waals surface area contributed by atoms with Gasteiger partial charge in [0.2, 0.25) is 0 Å². The van der Waals surface area contributed by atoms with E-state index in [4.69, 9.17) is 9.47 Å². The number of ether oxygens (including phenoxy) is 2. The van der Waals surface area contributed by atoms with Gasteiger partial charge in [0.15, 0.2) is 6.29 Å². The first-order valence-corrected chi connectivity index (χ1v) is 9.39. The third kappa shape index (κ3) is 4.85. The van der Waals surface area contributed by atoms with Gasteiger partial charge in [0, 0.05) is 19.8 Å². The summed E-state index contributed by atoms with van der Waals surface area (Å²) in [6.07, 6.45) is 1.93. The van der Waals surface area contributed by atoms with E-state index in [-0.39, 0.29) is 6.29 Å². The molecule has 0 N–H and O–H groups in total. The molecule has 0 radical (unpaired) electrons. The van der Waals surface area contributed by atoms with Gasteiger partial charge >= 0.3 is 0 Å². The molecule has 0 aliphatic heterocycles. The molecule has 0 saturated carbocycles. The van der Waals surface area contributed by atoms with Gasteiger partial charge in [-0.15, -0.1) is 0 Å². The van der Waals surface area contributed by atoms with Crippen LogP contribution in [-0.4, -0.2) is 22.3 Å². The Morgan fingerprint density at radius 3 is 1.94 bits per heavy atom. The first kappa shape index (κ1) is 14.2. The van der Waals surface area contributed by atoms with Crippen LogP contribution >= 0.6 is 0 Å². The highest BCUT2D eigenvalue weighted by molar-refractivity contribution is 6.81. The fourth-order valence-corrected chi connectivity index (χ4v) is 2.17. The Balaban J connectivity index is 2.78. The lowest BCUT2D eigenvalue weighted by Crippen LogP contribution is -2.15. The Labute approximate surface area is 105 Å². The summed E-state index contributed by atoms with van der Waals surface area (Å²) in [7, 11) is 2.17. The van der Waals surface area contributed by atoms with Crippen molar-refractivity contribution in [3.8, 4) is 0 Å². The van der Waals surface area contributed by atoms with Gasteiger partial charge in [-0.05, 0) is 5.56 Å². The second kappa shape index (κ2) is 6.14. The van der Waals surface area contributed by atoms with Gasteiger partial charge in [0.25, 0.3) is 0 Å². The van der Waals surface area contributed by atoms with Crippen molar-refractivity contribution in [3.05, 3.63) is 41.1 Å². The molecule has 0 heterocycles. The molecule has 0 saturated heterocycles. The van der Waals surface area contributed by atoms with Gasteiger partial charge in [0.05, 0.1) is 8.07 Å². The van der Waals surface area contributed by atoms with Gasteiger partial charge in [-0.2, -0.15) is 0 Å². The summed E-state index contributed by atoms with van der Waals surface area (Å²) >= 11 is 0. The molecular formula is C14H22O2Si. The molecule has 3 heteroatoms. The van der Waals surface area contributed by atoms with Gasteiger partial charge in [-0.1, -0.05) is 55.7 Å². The van der Waals surface area contributed by atoms with Crippen LogP contribution in [0.25, 0.3) is 6.08 Å². The summed E-state index contributed by atoms with van der Waals surface area (Å²) in [5.74, 6) is 0. The number of hydrogen-bond acceptors (Lipinski definition) is 2. The molecule has 94 valence electrons. The molecule has 2 nitrogen and oxygen atoms in total. The molecule has 0 spiro atoms. The number of benzene rings is 1. The standard InChI is InChI=1S/C14H22O2Si/c1-15-14(16-2)13-8-6-12(7-9-13)10-11-17(3,4)5/h6-11,14H,1-5H3. The minimum absolute atomic E-state index is 0.273. The van der Waals surface area contributed by atoms with Crippen molar-refractivity contribution in [3.63, 3.8) is 0 Å². The van der Waals surface area contributed by atoms with E-state index in [1.165, 1.54) is 5.56 Å². The molecule has 0 unspecified atom stereocenters. The van der Waals surface area contributed by atoms with E-state index >= 15 is 0 Å². The van der Waals surface area contributed by atoms with Gasteiger partial charge in [-0.3, -0.25) is 0 Å². The Hall–Kier alpha value is -0.903. The summed E-state index contributed by atoms with van der Waals surface area (Å²) < 4.78 is 10.4. The molecule has 0 atom stereocenters. The van der Waals surface area contributed by atoms with Crippen LogP contribution in [0.4, 0.5) is 0 Å². The maximum atomic E-state index is 5.21. The monoisotopic (exact) mass is 250 g/mol. The largest absolute Gasteiger partial charge is 0.352 e. The highest BCUT2D eigenvalue weighted by atomic mass is 28.3. The van der Waals surface area contributed by atoms with Gasteiger partial charge in [0.1, 0.15) is 0 Å². The van der Waals surface area contributed by atoms with E-state index < -0.39 is 8.07 Å². The van der Waals surface area contributed by atoms with Gasteiger partial charge < -0.3 is 9.47 Å². The van der Waals surface area contributed by atoms with Crippen LogP contribution in [-0.2, 0) is 9.47 Å². The lowest BCUT2D eigenvalue weighted by Gasteiger charge is -2.13. The van der Waals surface area contributed by atoms with Crippen LogP contribution in [0.2, 0.25) is 19.6 Å². The van der Waals surface area contributed by atoms with Crippen molar-refractivity contribution in [1.29, 1.82) is 0 Å². The van der Waals surface area contributed by atoms with Crippen LogP contribution in [0.15, 0.2) is 30.0 Å². The highest BCUT2D eigenvalue weighted by Gasteiger charge is 2.08. The average molecular weight is 250 g/mol. The normalized spacial score (nSPS) is 12.6. The quantitative estimate of drug-likeness (QED) is 0.583. The zero-order valence-electron chi connectivity index (χ0n) is 11.4. The van der Waals surface area contributed by atoms with Crippen molar-refractivity contribution in [2.24, 2.45) is 0 Å². The first-order valence-electron chi connectivity index (χ1n) is 5.81. The Bertz CT molecular complexity index is 359. The summed E-state index contributed by atoms with van der Waals surface area (Å²) in [6, 6.07) is 8.27. The molecule has 0 aliphatic rings. The molecular weight excluding hydrogens is 228 g/mol. The number of hydrogen-bond donors (Lipinski definition) is 0. The summed E-state index contributed by atoms with van der Waals surface area (Å²) in [5, 5.41) is 0. The minimum atomic E-state index is -1.12. The average Bonchev–Trinajstić information content (AvgIpc) is 2.29. The van der Waals surface area contributed by atoms with Crippen molar-refractivity contribution < 1.29 is 9.47 Å². The Morgan fingerprint density at radius 1 is 1.00 bits per heavy atom. The van der Waals surface area contributed by atoms with E-state index in [0.717, 1.165) is 5.56 Å². The van der Waals surface area contributed by atoms with Crippen LogP contribution < -0.4 is 0 Å². The highest BCUT2D eigenvalue weighted by Crippen LogP contribution is 2.18. The van der Waals surface area contributed by atoms with E-state index in [1.807, 2.05) is 12.1 Å². The fourth-order valence-electron chi connectivity index (χ4n) is 1.48. The lowest BCUT2D eigenvalue weighted by atomic mass is 10.1. The molecule has 1 aromatic carbocycles. The van der Waals surface area contributed by atoms with Crippen molar-refractivity contribution in [1.82, 2.24) is 0 Å². The van der Waals surface area contributed by atoms with E-state index in [0.29, 0.717) is 0 Å². The number of rotatable bonds is 5. The van der Waals surface area contributed by atoms with Gasteiger partial charge in [-0.25, -0.2) is 0 Å². The minimum Gasteiger partial charge on any atom is -0.352 e. The second-order valence-corrected chi connectivity index (χ2v) is 10.2. The Morgan fingerprint density at radius 2 is 1.53 bits per heavy atom. The van der Waals surface area contributed by atoms with E-state index in [1.54, 1.807) is 14.2 Å². The second-order valence-electron chi connectivity index (χ2n) is 5.17. The Kier molecular flexibility index (Phi) is 5.12.